The van der Waals surface area contributed by atoms with Gasteiger partial charge in [0.2, 0.25) is 24.3 Å². The lowest BCUT2D eigenvalue weighted by Crippen LogP contribution is -2.36. The molecule has 19 heteroatoms. The second-order valence-electron chi connectivity index (χ2n) is 9.06. The highest BCUT2D eigenvalue weighted by molar-refractivity contribution is 5.87. The zero-order chi connectivity index (χ0) is 40.6. The van der Waals surface area contributed by atoms with Gasteiger partial charge in [-0.3, -0.25) is 0 Å². The van der Waals surface area contributed by atoms with Gasteiger partial charge in [-0.1, -0.05) is 32.9 Å². The van der Waals surface area contributed by atoms with Crippen LogP contribution in [0.4, 0.5) is 0 Å². The van der Waals surface area contributed by atoms with Crippen LogP contribution in [0.25, 0.3) is 0 Å². The Labute approximate surface area is 300 Å². The van der Waals surface area contributed by atoms with Crippen LogP contribution < -0.4 is 0 Å². The van der Waals surface area contributed by atoms with Crippen LogP contribution in [-0.4, -0.2) is 126 Å². The summed E-state index contributed by atoms with van der Waals surface area (Å²) >= 11 is 0. The molecule has 0 radical (unpaired) electrons. The Balaban J connectivity index is -0.000000302. The average Bonchev–Trinajstić information content (AvgIpc) is 3.13. The van der Waals surface area contributed by atoms with Gasteiger partial charge in [-0.15, -0.1) is 0 Å². The third-order valence-electron chi connectivity index (χ3n) is 4.45. The van der Waals surface area contributed by atoms with E-state index in [-0.39, 0.29) is 59.3 Å². The molecule has 0 unspecified atom stereocenters. The minimum atomic E-state index is -1.17. The summed E-state index contributed by atoms with van der Waals surface area (Å²) < 4.78 is 28.2. The van der Waals surface area contributed by atoms with Crippen molar-refractivity contribution in [3.8, 4) is 0 Å². The van der Waals surface area contributed by atoms with Gasteiger partial charge in [0, 0.05) is 29.4 Å². The number of rotatable bonds is 22. The number of isocyanates is 4. The van der Waals surface area contributed by atoms with Crippen molar-refractivity contribution >= 4 is 54.2 Å². The summed E-state index contributed by atoms with van der Waals surface area (Å²) in [6.45, 7) is 22.1. The van der Waals surface area contributed by atoms with E-state index in [1.807, 2.05) is 0 Å². The molecule has 0 aliphatic heterocycles. The zero-order valence-corrected chi connectivity index (χ0v) is 29.3. The van der Waals surface area contributed by atoms with Gasteiger partial charge in [0.15, 0.2) is 0 Å². The van der Waals surface area contributed by atoms with Crippen molar-refractivity contribution < 1.29 is 71.6 Å². The second-order valence-corrected chi connectivity index (χ2v) is 9.06. The third-order valence-corrected chi connectivity index (χ3v) is 4.45. The molecule has 0 atom stereocenters. The number of nitrogens with zero attached hydrogens (tertiary/aromatic N) is 4. The van der Waals surface area contributed by atoms with E-state index in [1.165, 1.54) is 31.2 Å². The second kappa shape index (κ2) is 37.4. The van der Waals surface area contributed by atoms with Gasteiger partial charge in [-0.05, 0) is 20.8 Å². The van der Waals surface area contributed by atoms with Crippen LogP contribution in [0, 0.1) is 0 Å². The Hall–Kier alpha value is -6.47. The molecule has 0 aliphatic carbocycles. The van der Waals surface area contributed by atoms with Crippen LogP contribution in [-0.2, 0) is 71.6 Å². The fraction of sp³-hybridized carbons (Fsp3) is 0.424. The first kappa shape index (κ1) is 52.3. The van der Waals surface area contributed by atoms with Crippen LogP contribution in [0.15, 0.2) is 82.2 Å². The number of esters is 5. The molecule has 0 N–H and O–H groups in total. The van der Waals surface area contributed by atoms with E-state index < -0.39 is 35.4 Å². The van der Waals surface area contributed by atoms with E-state index in [4.69, 9.17) is 18.9 Å². The average molecular weight is 735 g/mol. The van der Waals surface area contributed by atoms with Crippen LogP contribution >= 0.6 is 0 Å². The number of ether oxygens (including phenoxy) is 6. The predicted octanol–water partition coefficient (Wildman–Crippen LogP) is 1.49. The molecule has 284 valence electrons. The van der Waals surface area contributed by atoms with Crippen LogP contribution in [0.1, 0.15) is 20.8 Å². The molecule has 0 saturated heterocycles. The molecule has 0 heterocycles. The number of carbonyl (C=O) groups excluding carboxylic acids is 9. The van der Waals surface area contributed by atoms with E-state index in [9.17, 15) is 43.2 Å². The summed E-state index contributed by atoms with van der Waals surface area (Å²) in [5, 5.41) is 0. The van der Waals surface area contributed by atoms with Crippen molar-refractivity contribution in [2.75, 3.05) is 65.9 Å². The highest BCUT2D eigenvalue weighted by Crippen LogP contribution is 2.11. The van der Waals surface area contributed by atoms with E-state index in [1.54, 1.807) is 13.8 Å². The number of aliphatic imine (C=N–C) groups is 4. The molecule has 0 bridgehead atoms. The zero-order valence-electron chi connectivity index (χ0n) is 29.3. The maximum atomic E-state index is 10.9. The molecule has 19 nitrogen and oxygen atoms in total. The van der Waals surface area contributed by atoms with Crippen molar-refractivity contribution in [1.29, 1.82) is 0 Å². The Kier molecular flexibility index (Phi) is 37.6. The Morgan fingerprint density at radius 1 is 0.558 bits per heavy atom. The van der Waals surface area contributed by atoms with Gasteiger partial charge in [0.05, 0.1) is 32.8 Å². The highest BCUT2D eigenvalue weighted by atomic mass is 16.6. The van der Waals surface area contributed by atoms with Gasteiger partial charge in [-0.25, -0.2) is 58.1 Å². The fourth-order valence-corrected chi connectivity index (χ4v) is 2.01. The maximum absolute atomic E-state index is 10.9. The van der Waals surface area contributed by atoms with Gasteiger partial charge in [0.1, 0.15) is 38.6 Å². The molecule has 0 aromatic carbocycles. The fourth-order valence-electron chi connectivity index (χ4n) is 2.01. The first-order valence-corrected chi connectivity index (χ1v) is 14.5. The van der Waals surface area contributed by atoms with Gasteiger partial charge < -0.3 is 28.4 Å². The number of hydrogen-bond donors (Lipinski definition) is 0. The molecule has 0 fully saturated rings. The molecule has 0 amide bonds. The minimum absolute atomic E-state index is 0.0973. The molecule has 0 saturated carbocycles. The normalized spacial score (nSPS) is 8.75. The summed E-state index contributed by atoms with van der Waals surface area (Å²) in [6.07, 6.45) is 8.36. The Morgan fingerprint density at radius 3 is 1.29 bits per heavy atom. The largest absolute Gasteiger partial charge is 0.461 e. The van der Waals surface area contributed by atoms with Crippen molar-refractivity contribution in [3.63, 3.8) is 0 Å². The maximum Gasteiger partial charge on any atom is 0.333 e. The summed E-state index contributed by atoms with van der Waals surface area (Å²) in [5.74, 6) is -2.73. The minimum Gasteiger partial charge on any atom is -0.461 e. The summed E-state index contributed by atoms with van der Waals surface area (Å²) in [6, 6.07) is 0. The van der Waals surface area contributed by atoms with Crippen molar-refractivity contribution in [2.24, 2.45) is 20.0 Å². The molecule has 52 heavy (non-hydrogen) atoms. The standard InChI is InChI=1S/C11H13NO5.C9H13NO4.C7H9NO3.C6H7NO3/c1-4-9(14)16-6-11(3,12-8-13)7-17-10(15)5-2;1-8(2)9(12)14-6-5-13-4-3-10-7-11;1-6(2)7(10)11-4-3-8-5-9;1-2-6(9)10-4-3-7-5-8/h4-5H,1-2,6-7H2,3H3;1,3-6H2,2H3;1,3-4H2,2H3;2H,1,3-4H2. The smallest absolute Gasteiger partial charge is 0.333 e. The van der Waals surface area contributed by atoms with E-state index in [2.05, 4.69) is 62.3 Å². The van der Waals surface area contributed by atoms with Gasteiger partial charge in [-0.2, -0.15) is 4.99 Å². The van der Waals surface area contributed by atoms with Crippen LogP contribution in [0.3, 0.4) is 0 Å². The van der Waals surface area contributed by atoms with Crippen molar-refractivity contribution in [2.45, 2.75) is 26.3 Å². The first-order valence-electron chi connectivity index (χ1n) is 14.5. The lowest BCUT2D eigenvalue weighted by Gasteiger charge is -2.21. The van der Waals surface area contributed by atoms with E-state index >= 15 is 0 Å². The Morgan fingerprint density at radius 2 is 0.923 bits per heavy atom. The van der Waals surface area contributed by atoms with E-state index in [0.29, 0.717) is 17.8 Å². The molecular formula is C33H42N4O15. The monoisotopic (exact) mass is 734 g/mol. The summed E-state index contributed by atoms with van der Waals surface area (Å²) in [5.41, 5.74) is -0.477. The molecule has 0 aromatic rings. The van der Waals surface area contributed by atoms with E-state index in [0.717, 1.165) is 18.2 Å². The van der Waals surface area contributed by atoms with Crippen LogP contribution in [0.2, 0.25) is 0 Å². The highest BCUT2D eigenvalue weighted by Gasteiger charge is 2.27. The van der Waals surface area contributed by atoms with Crippen LogP contribution in [0.5, 0.6) is 0 Å². The predicted molar refractivity (Wildman–Crippen MR) is 181 cm³/mol. The topological polar surface area (TPSA) is 258 Å². The molecule has 0 spiro atoms. The van der Waals surface area contributed by atoms with Crippen molar-refractivity contribution in [3.05, 3.63) is 62.3 Å². The lowest BCUT2D eigenvalue weighted by molar-refractivity contribution is -0.144. The quantitative estimate of drug-likeness (QED) is 0.0381. The third kappa shape index (κ3) is 39.7. The molecule has 0 aromatic heterocycles. The van der Waals surface area contributed by atoms with Gasteiger partial charge in [0.25, 0.3) is 0 Å². The SMILES string of the molecule is C=C(C)C(=O)OCCN=C=O.C=C(C)C(=O)OCCOCCN=C=O.C=CC(=O)OCC(C)(COC(=O)C=C)N=C=O.C=CC(=O)OCCN=C=O. The molecular weight excluding hydrogens is 692 g/mol. The van der Waals surface area contributed by atoms with Crippen molar-refractivity contribution in [1.82, 2.24) is 0 Å². The first-order chi connectivity index (χ1) is 24.6. The molecule has 0 aliphatic rings. The van der Waals surface area contributed by atoms with Gasteiger partial charge >= 0.3 is 29.8 Å². The molecule has 0 rings (SSSR count). The Bertz CT molecular complexity index is 1370. The summed E-state index contributed by atoms with van der Waals surface area (Å²) in [4.78, 5) is 105. The number of carbonyl (C=O) groups is 5. The summed E-state index contributed by atoms with van der Waals surface area (Å²) in [7, 11) is 0. The lowest BCUT2D eigenvalue weighted by atomic mass is 10.1. The number of hydrogen-bond acceptors (Lipinski definition) is 19.